The zero-order valence-electron chi connectivity index (χ0n) is 18.2. The molecule has 8 nitrogen and oxygen atoms in total. The Morgan fingerprint density at radius 3 is 2.44 bits per heavy atom. The second-order valence-corrected chi connectivity index (χ2v) is 7.82. The van der Waals surface area contributed by atoms with Crippen LogP contribution in [0.15, 0.2) is 59.8 Å². The highest BCUT2D eigenvalue weighted by molar-refractivity contribution is 7.99. The lowest BCUT2D eigenvalue weighted by Crippen LogP contribution is -2.26. The highest BCUT2D eigenvalue weighted by Crippen LogP contribution is 2.19. The SMILES string of the molecule is CCOc1ccc(NC(=O)CSc2nnc(CNC(=O)Cc3ccccc3)n2CC)cc1. The van der Waals surface area contributed by atoms with Crippen molar-refractivity contribution in [1.29, 1.82) is 0 Å². The predicted octanol–water partition coefficient (Wildman–Crippen LogP) is 3.29. The lowest BCUT2D eigenvalue weighted by atomic mass is 10.1. The number of aromatic nitrogens is 3. The normalized spacial score (nSPS) is 10.6. The standard InChI is InChI=1S/C23H27N5O3S/c1-3-28-20(15-24-21(29)14-17-8-6-5-7-9-17)26-27-23(28)32-16-22(30)25-18-10-12-19(13-11-18)31-4-2/h5-13H,3-4,14-16H2,1-2H3,(H,24,29)(H,25,30). The summed E-state index contributed by atoms with van der Waals surface area (Å²) in [4.78, 5) is 24.5. The first-order valence-electron chi connectivity index (χ1n) is 10.5. The maximum absolute atomic E-state index is 12.3. The maximum atomic E-state index is 12.3. The molecular weight excluding hydrogens is 426 g/mol. The second kappa shape index (κ2) is 11.9. The van der Waals surface area contributed by atoms with Crippen LogP contribution in [0.5, 0.6) is 5.75 Å². The molecule has 0 aliphatic rings. The highest BCUT2D eigenvalue weighted by atomic mass is 32.2. The average Bonchev–Trinajstić information content (AvgIpc) is 3.20. The van der Waals surface area contributed by atoms with Gasteiger partial charge in [0.1, 0.15) is 5.75 Å². The second-order valence-electron chi connectivity index (χ2n) is 6.88. The number of ether oxygens (including phenoxy) is 1. The summed E-state index contributed by atoms with van der Waals surface area (Å²) >= 11 is 1.31. The Balaban J connectivity index is 1.49. The van der Waals surface area contributed by atoms with Gasteiger partial charge in [0.15, 0.2) is 11.0 Å². The van der Waals surface area contributed by atoms with E-state index in [1.807, 2.05) is 60.9 Å². The molecule has 2 aromatic carbocycles. The van der Waals surface area contributed by atoms with Crippen LogP contribution in [0.1, 0.15) is 25.2 Å². The minimum atomic E-state index is -0.137. The lowest BCUT2D eigenvalue weighted by Gasteiger charge is -2.09. The fraction of sp³-hybridized carbons (Fsp3) is 0.304. The molecule has 32 heavy (non-hydrogen) atoms. The molecule has 0 saturated carbocycles. The van der Waals surface area contributed by atoms with Gasteiger partial charge in [0.2, 0.25) is 11.8 Å². The molecule has 0 aliphatic heterocycles. The minimum absolute atomic E-state index is 0.0780. The number of thioether (sulfide) groups is 1. The summed E-state index contributed by atoms with van der Waals surface area (Å²) in [6, 6.07) is 16.8. The van der Waals surface area contributed by atoms with Gasteiger partial charge in [-0.05, 0) is 43.7 Å². The Kier molecular flexibility index (Phi) is 8.68. The van der Waals surface area contributed by atoms with Gasteiger partial charge in [0, 0.05) is 12.2 Å². The van der Waals surface area contributed by atoms with Crippen molar-refractivity contribution in [3.8, 4) is 5.75 Å². The summed E-state index contributed by atoms with van der Waals surface area (Å²) < 4.78 is 7.30. The molecule has 0 bridgehead atoms. The zero-order chi connectivity index (χ0) is 22.8. The number of carbonyl (C=O) groups excluding carboxylic acids is 2. The van der Waals surface area contributed by atoms with E-state index in [1.54, 1.807) is 12.1 Å². The van der Waals surface area contributed by atoms with Crippen LogP contribution in [-0.2, 0) is 29.1 Å². The van der Waals surface area contributed by atoms with E-state index in [2.05, 4.69) is 20.8 Å². The van der Waals surface area contributed by atoms with E-state index in [9.17, 15) is 9.59 Å². The maximum Gasteiger partial charge on any atom is 0.234 e. The molecule has 0 unspecified atom stereocenters. The monoisotopic (exact) mass is 453 g/mol. The molecule has 1 heterocycles. The minimum Gasteiger partial charge on any atom is -0.494 e. The average molecular weight is 454 g/mol. The Hall–Kier alpha value is -3.33. The molecule has 2 N–H and O–H groups in total. The third-order valence-electron chi connectivity index (χ3n) is 4.54. The third kappa shape index (κ3) is 6.84. The van der Waals surface area contributed by atoms with Gasteiger partial charge >= 0.3 is 0 Å². The van der Waals surface area contributed by atoms with Gasteiger partial charge in [-0.15, -0.1) is 10.2 Å². The van der Waals surface area contributed by atoms with Crippen molar-refractivity contribution >= 4 is 29.3 Å². The molecule has 1 aromatic heterocycles. The number of carbonyl (C=O) groups is 2. The number of amides is 2. The van der Waals surface area contributed by atoms with Crippen LogP contribution in [-0.4, -0.2) is 38.9 Å². The molecule has 0 saturated heterocycles. The quantitative estimate of drug-likeness (QED) is 0.433. The molecule has 0 spiro atoms. The molecule has 3 aromatic rings. The first-order chi connectivity index (χ1) is 15.6. The van der Waals surface area contributed by atoms with Gasteiger partial charge in [-0.1, -0.05) is 42.1 Å². The van der Waals surface area contributed by atoms with Crippen LogP contribution in [0.25, 0.3) is 0 Å². The summed E-state index contributed by atoms with van der Waals surface area (Å²) in [6.07, 6.45) is 0.314. The van der Waals surface area contributed by atoms with Crippen LogP contribution in [0.4, 0.5) is 5.69 Å². The van der Waals surface area contributed by atoms with Crippen molar-refractivity contribution in [2.24, 2.45) is 0 Å². The smallest absolute Gasteiger partial charge is 0.234 e. The zero-order valence-corrected chi connectivity index (χ0v) is 19.0. The molecular formula is C23H27N5O3S. The number of benzene rings is 2. The van der Waals surface area contributed by atoms with Crippen LogP contribution in [0.3, 0.4) is 0 Å². The van der Waals surface area contributed by atoms with Crippen LogP contribution >= 0.6 is 11.8 Å². The number of anilines is 1. The molecule has 0 atom stereocenters. The predicted molar refractivity (Wildman–Crippen MR) is 125 cm³/mol. The lowest BCUT2D eigenvalue weighted by molar-refractivity contribution is -0.120. The summed E-state index contributed by atoms with van der Waals surface area (Å²) in [5.74, 6) is 1.40. The van der Waals surface area contributed by atoms with Gasteiger partial charge in [0.25, 0.3) is 0 Å². The summed E-state index contributed by atoms with van der Waals surface area (Å²) in [6.45, 7) is 5.42. The van der Waals surface area contributed by atoms with Crippen LogP contribution < -0.4 is 15.4 Å². The van der Waals surface area contributed by atoms with Gasteiger partial charge in [-0.3, -0.25) is 9.59 Å². The Morgan fingerprint density at radius 1 is 1.00 bits per heavy atom. The van der Waals surface area contributed by atoms with Gasteiger partial charge < -0.3 is 19.9 Å². The number of hydrogen-bond donors (Lipinski definition) is 2. The number of rotatable bonds is 11. The van der Waals surface area contributed by atoms with E-state index in [0.717, 1.165) is 11.3 Å². The molecule has 0 fully saturated rings. The van der Waals surface area contributed by atoms with Gasteiger partial charge in [0.05, 0.1) is 25.3 Å². The number of hydrogen-bond acceptors (Lipinski definition) is 6. The molecule has 168 valence electrons. The van der Waals surface area contributed by atoms with Crippen molar-refractivity contribution in [2.75, 3.05) is 17.7 Å². The topological polar surface area (TPSA) is 98.1 Å². The number of nitrogens with one attached hydrogen (secondary N) is 2. The largest absolute Gasteiger partial charge is 0.494 e. The molecule has 3 rings (SSSR count). The first-order valence-corrected chi connectivity index (χ1v) is 11.5. The van der Waals surface area contributed by atoms with Crippen LogP contribution in [0, 0.1) is 0 Å². The Bertz CT molecular complexity index is 1020. The molecule has 2 amide bonds. The molecule has 0 radical (unpaired) electrons. The highest BCUT2D eigenvalue weighted by Gasteiger charge is 2.14. The fourth-order valence-corrected chi connectivity index (χ4v) is 3.85. The Morgan fingerprint density at radius 2 is 1.75 bits per heavy atom. The van der Waals surface area contributed by atoms with E-state index in [-0.39, 0.29) is 24.1 Å². The molecule has 0 aliphatic carbocycles. The van der Waals surface area contributed by atoms with Crippen molar-refractivity contribution < 1.29 is 14.3 Å². The van der Waals surface area contributed by atoms with Crippen molar-refractivity contribution in [3.63, 3.8) is 0 Å². The summed E-state index contributed by atoms with van der Waals surface area (Å²) in [5, 5.41) is 14.8. The fourth-order valence-electron chi connectivity index (χ4n) is 3.02. The molecule has 9 heteroatoms. The number of nitrogens with zero attached hydrogens (tertiary/aromatic N) is 3. The third-order valence-corrected chi connectivity index (χ3v) is 5.51. The van der Waals surface area contributed by atoms with Crippen molar-refractivity contribution in [2.45, 2.75) is 38.5 Å². The van der Waals surface area contributed by atoms with E-state index >= 15 is 0 Å². The summed E-state index contributed by atoms with van der Waals surface area (Å²) in [5.41, 5.74) is 1.66. The van der Waals surface area contributed by atoms with E-state index in [0.29, 0.717) is 36.2 Å². The van der Waals surface area contributed by atoms with Gasteiger partial charge in [-0.2, -0.15) is 0 Å². The van der Waals surface area contributed by atoms with E-state index < -0.39 is 0 Å². The van der Waals surface area contributed by atoms with Crippen molar-refractivity contribution in [1.82, 2.24) is 20.1 Å². The van der Waals surface area contributed by atoms with Crippen molar-refractivity contribution in [3.05, 3.63) is 66.0 Å². The Labute approximate surface area is 191 Å². The van der Waals surface area contributed by atoms with E-state index in [4.69, 9.17) is 4.74 Å². The first kappa shape index (κ1) is 23.3. The van der Waals surface area contributed by atoms with E-state index in [1.165, 1.54) is 11.8 Å². The van der Waals surface area contributed by atoms with Gasteiger partial charge in [-0.25, -0.2) is 0 Å². The van der Waals surface area contributed by atoms with Crippen LogP contribution in [0.2, 0.25) is 0 Å². The summed E-state index contributed by atoms with van der Waals surface area (Å²) in [7, 11) is 0.